The first kappa shape index (κ1) is 11.9. The van der Waals surface area contributed by atoms with Crippen LogP contribution in [-0.2, 0) is 11.3 Å². The number of carbonyl (C=O) groups excluding carboxylic acids is 1. The number of benzene rings is 1. The molecule has 0 aliphatic carbocycles. The maximum atomic E-state index is 11.1. The second-order valence-corrected chi connectivity index (χ2v) is 4.97. The summed E-state index contributed by atoms with van der Waals surface area (Å²) in [6.07, 6.45) is 1.32. The lowest BCUT2D eigenvalue weighted by atomic mass is 10.1. The number of hydrogen-bond acceptors (Lipinski definition) is 2. The van der Waals surface area contributed by atoms with Gasteiger partial charge in [-0.05, 0) is 23.8 Å². The number of likely N-dealkylation sites (tertiary alicyclic amines) is 1. The van der Waals surface area contributed by atoms with Crippen LogP contribution in [0.15, 0.2) is 18.2 Å². The minimum Gasteiger partial charge on any atom is -0.300 e. The maximum Gasteiger partial charge on any atom is 0.135 e. The van der Waals surface area contributed by atoms with Crippen LogP contribution in [0.4, 0.5) is 0 Å². The summed E-state index contributed by atoms with van der Waals surface area (Å²) in [5, 5.41) is 1.33. The minimum atomic E-state index is 0.361. The Kier molecular flexibility index (Phi) is 3.85. The number of rotatable bonds is 2. The Morgan fingerprint density at radius 2 is 1.62 bits per heavy atom. The van der Waals surface area contributed by atoms with Crippen molar-refractivity contribution < 1.29 is 4.79 Å². The molecule has 0 unspecified atom stereocenters. The molecule has 0 atom stereocenters. The van der Waals surface area contributed by atoms with E-state index >= 15 is 0 Å². The van der Waals surface area contributed by atoms with Crippen LogP contribution < -0.4 is 0 Å². The van der Waals surface area contributed by atoms with E-state index in [-0.39, 0.29) is 0 Å². The summed E-state index contributed by atoms with van der Waals surface area (Å²) in [6.45, 7) is 2.49. The van der Waals surface area contributed by atoms with Crippen molar-refractivity contribution in [1.29, 1.82) is 0 Å². The standard InChI is InChI=1S/C12H13Cl2NO/c13-10-5-9(6-11(14)7-10)8-15-3-1-12(16)2-4-15/h5-7H,1-4,8H2. The van der Waals surface area contributed by atoms with Crippen molar-refractivity contribution in [2.75, 3.05) is 13.1 Å². The van der Waals surface area contributed by atoms with Crippen molar-refractivity contribution >= 4 is 29.0 Å². The van der Waals surface area contributed by atoms with Crippen molar-refractivity contribution in [3.8, 4) is 0 Å². The van der Waals surface area contributed by atoms with Gasteiger partial charge in [0.25, 0.3) is 0 Å². The van der Waals surface area contributed by atoms with Gasteiger partial charge in [0.05, 0.1) is 0 Å². The number of nitrogens with zero attached hydrogens (tertiary/aromatic N) is 1. The molecule has 1 fully saturated rings. The monoisotopic (exact) mass is 257 g/mol. The molecule has 1 aliphatic heterocycles. The van der Waals surface area contributed by atoms with Gasteiger partial charge in [0.15, 0.2) is 0 Å². The highest BCUT2D eigenvalue weighted by molar-refractivity contribution is 6.34. The molecule has 2 nitrogen and oxygen atoms in total. The first-order valence-corrected chi connectivity index (χ1v) is 6.08. The van der Waals surface area contributed by atoms with Crippen LogP contribution in [0.5, 0.6) is 0 Å². The van der Waals surface area contributed by atoms with Crippen LogP contribution in [0.3, 0.4) is 0 Å². The van der Waals surface area contributed by atoms with Crippen molar-refractivity contribution in [2.24, 2.45) is 0 Å². The van der Waals surface area contributed by atoms with E-state index in [1.165, 1.54) is 0 Å². The quantitative estimate of drug-likeness (QED) is 0.812. The Morgan fingerprint density at radius 1 is 1.06 bits per heavy atom. The van der Waals surface area contributed by atoms with Gasteiger partial charge < -0.3 is 0 Å². The predicted molar refractivity (Wildman–Crippen MR) is 66.0 cm³/mol. The van der Waals surface area contributed by atoms with E-state index < -0.39 is 0 Å². The highest BCUT2D eigenvalue weighted by Crippen LogP contribution is 2.21. The van der Waals surface area contributed by atoms with Gasteiger partial charge in [-0.2, -0.15) is 0 Å². The van der Waals surface area contributed by atoms with E-state index in [9.17, 15) is 4.79 Å². The van der Waals surface area contributed by atoms with Crippen LogP contribution in [0.1, 0.15) is 18.4 Å². The first-order valence-electron chi connectivity index (χ1n) is 5.32. The zero-order valence-electron chi connectivity index (χ0n) is 8.88. The molecule has 1 aliphatic rings. The van der Waals surface area contributed by atoms with Gasteiger partial charge >= 0.3 is 0 Å². The molecule has 0 amide bonds. The zero-order valence-corrected chi connectivity index (χ0v) is 10.4. The molecule has 0 N–H and O–H groups in total. The molecular weight excluding hydrogens is 245 g/mol. The fraction of sp³-hybridized carbons (Fsp3) is 0.417. The molecule has 0 spiro atoms. The van der Waals surface area contributed by atoms with Crippen LogP contribution in [0.2, 0.25) is 10.0 Å². The summed E-state index contributed by atoms with van der Waals surface area (Å²) in [5.74, 6) is 0.361. The van der Waals surface area contributed by atoms with Gasteiger partial charge in [-0.3, -0.25) is 9.69 Å². The van der Waals surface area contributed by atoms with Gasteiger partial charge in [0.1, 0.15) is 5.78 Å². The normalized spacial score (nSPS) is 17.8. The number of carbonyl (C=O) groups is 1. The summed E-state index contributed by atoms with van der Waals surface area (Å²) in [5.41, 5.74) is 1.10. The maximum absolute atomic E-state index is 11.1. The Hall–Kier alpha value is -0.570. The number of Topliss-reactive ketones (excluding diaryl/α,β-unsaturated/α-hetero) is 1. The molecule has 2 rings (SSSR count). The van der Waals surface area contributed by atoms with Gasteiger partial charge in [-0.25, -0.2) is 0 Å². The zero-order chi connectivity index (χ0) is 11.5. The van der Waals surface area contributed by atoms with Crippen LogP contribution in [0.25, 0.3) is 0 Å². The summed E-state index contributed by atoms with van der Waals surface area (Å²) in [7, 11) is 0. The molecule has 1 aromatic rings. The van der Waals surface area contributed by atoms with Crippen LogP contribution in [0, 0.1) is 0 Å². The molecule has 0 bridgehead atoms. The number of ketones is 1. The fourth-order valence-corrected chi connectivity index (χ4v) is 2.49. The molecule has 16 heavy (non-hydrogen) atoms. The second kappa shape index (κ2) is 5.17. The Bertz CT molecular complexity index is 376. The smallest absolute Gasteiger partial charge is 0.135 e. The first-order chi connectivity index (χ1) is 7.63. The van der Waals surface area contributed by atoms with E-state index in [1.54, 1.807) is 6.07 Å². The van der Waals surface area contributed by atoms with Crippen molar-refractivity contribution in [2.45, 2.75) is 19.4 Å². The molecular formula is C12H13Cl2NO. The lowest BCUT2D eigenvalue weighted by Gasteiger charge is -2.25. The minimum absolute atomic E-state index is 0.361. The van der Waals surface area contributed by atoms with Crippen molar-refractivity contribution in [1.82, 2.24) is 4.90 Å². The van der Waals surface area contributed by atoms with E-state index in [1.807, 2.05) is 12.1 Å². The molecule has 1 saturated heterocycles. The molecule has 1 heterocycles. The highest BCUT2D eigenvalue weighted by atomic mass is 35.5. The molecule has 0 aromatic heterocycles. The third-order valence-electron chi connectivity index (χ3n) is 2.74. The summed E-state index contributed by atoms with van der Waals surface area (Å²) in [4.78, 5) is 13.4. The average Bonchev–Trinajstić information content (AvgIpc) is 2.20. The molecule has 0 radical (unpaired) electrons. The lowest BCUT2D eigenvalue weighted by Crippen LogP contribution is -2.33. The third kappa shape index (κ3) is 3.21. The SMILES string of the molecule is O=C1CCN(Cc2cc(Cl)cc(Cl)c2)CC1. The van der Waals surface area contributed by atoms with E-state index in [0.717, 1.165) is 25.2 Å². The number of hydrogen-bond donors (Lipinski definition) is 0. The van der Waals surface area contributed by atoms with Crippen LogP contribution >= 0.6 is 23.2 Å². The van der Waals surface area contributed by atoms with Gasteiger partial charge in [-0.1, -0.05) is 23.2 Å². The van der Waals surface area contributed by atoms with Gasteiger partial charge in [0.2, 0.25) is 0 Å². The van der Waals surface area contributed by atoms with Gasteiger partial charge in [-0.15, -0.1) is 0 Å². The molecule has 1 aromatic carbocycles. The highest BCUT2D eigenvalue weighted by Gasteiger charge is 2.16. The van der Waals surface area contributed by atoms with E-state index in [4.69, 9.17) is 23.2 Å². The van der Waals surface area contributed by atoms with Crippen LogP contribution in [-0.4, -0.2) is 23.8 Å². The number of piperidine rings is 1. The summed E-state index contributed by atoms with van der Waals surface area (Å²) >= 11 is 11.9. The van der Waals surface area contributed by atoms with Crippen molar-refractivity contribution in [3.05, 3.63) is 33.8 Å². The summed E-state index contributed by atoms with van der Waals surface area (Å²) in [6, 6.07) is 5.57. The second-order valence-electron chi connectivity index (χ2n) is 4.09. The lowest BCUT2D eigenvalue weighted by molar-refractivity contribution is -0.121. The number of halogens is 2. The summed E-state index contributed by atoms with van der Waals surface area (Å²) < 4.78 is 0. The molecule has 86 valence electrons. The largest absolute Gasteiger partial charge is 0.300 e. The average molecular weight is 258 g/mol. The Balaban J connectivity index is 2.00. The Labute approximate surface area is 105 Å². The fourth-order valence-electron chi connectivity index (χ4n) is 1.92. The van der Waals surface area contributed by atoms with E-state index in [0.29, 0.717) is 28.7 Å². The third-order valence-corrected chi connectivity index (χ3v) is 3.18. The van der Waals surface area contributed by atoms with Gasteiger partial charge in [0, 0.05) is 42.5 Å². The predicted octanol–water partition coefficient (Wildman–Crippen LogP) is 3.16. The molecule has 4 heteroatoms. The van der Waals surface area contributed by atoms with E-state index in [2.05, 4.69) is 4.90 Å². The van der Waals surface area contributed by atoms with Crippen molar-refractivity contribution in [3.63, 3.8) is 0 Å². The topological polar surface area (TPSA) is 20.3 Å². The molecule has 0 saturated carbocycles. The Morgan fingerprint density at radius 3 is 2.19 bits per heavy atom.